The second-order valence-electron chi connectivity index (χ2n) is 5.89. The minimum atomic E-state index is -1.24. The van der Waals surface area contributed by atoms with Gasteiger partial charge in [-0.05, 0) is 43.5 Å². The van der Waals surface area contributed by atoms with Crippen molar-refractivity contribution >= 4 is 6.03 Å². The van der Waals surface area contributed by atoms with E-state index in [9.17, 15) is 9.90 Å². The van der Waals surface area contributed by atoms with Crippen LogP contribution < -0.4 is 10.6 Å². The molecule has 5 heteroatoms. The number of aliphatic hydroxyl groups is 1. The van der Waals surface area contributed by atoms with E-state index in [4.69, 9.17) is 4.42 Å². The lowest BCUT2D eigenvalue weighted by atomic mass is 10.0. The highest BCUT2D eigenvalue weighted by Crippen LogP contribution is 2.20. The Morgan fingerprint density at radius 1 is 1.30 bits per heavy atom. The largest absolute Gasteiger partial charge is 0.466 e. The van der Waals surface area contributed by atoms with Crippen LogP contribution in [0.4, 0.5) is 4.79 Å². The number of benzene rings is 1. The number of hydrogen-bond acceptors (Lipinski definition) is 3. The highest BCUT2D eigenvalue weighted by molar-refractivity contribution is 5.74. The molecule has 2 unspecified atom stereocenters. The van der Waals surface area contributed by atoms with Crippen LogP contribution in [-0.4, -0.2) is 17.7 Å². The Balaban J connectivity index is 1.86. The Labute approximate surface area is 136 Å². The summed E-state index contributed by atoms with van der Waals surface area (Å²) >= 11 is 0. The van der Waals surface area contributed by atoms with Crippen molar-refractivity contribution in [3.05, 3.63) is 59.5 Å². The fraction of sp³-hybridized carbons (Fsp3) is 0.389. The molecule has 0 aliphatic heterocycles. The normalized spacial score (nSPS) is 14.8. The lowest BCUT2D eigenvalue weighted by Crippen LogP contribution is -2.44. The van der Waals surface area contributed by atoms with E-state index in [-0.39, 0.29) is 18.6 Å². The number of rotatable bonds is 6. The first-order valence-corrected chi connectivity index (χ1v) is 7.82. The van der Waals surface area contributed by atoms with Gasteiger partial charge in [-0.25, -0.2) is 4.79 Å². The third kappa shape index (κ3) is 4.60. The molecule has 1 heterocycles. The summed E-state index contributed by atoms with van der Waals surface area (Å²) in [7, 11) is 0. The van der Waals surface area contributed by atoms with E-state index < -0.39 is 5.60 Å². The molecule has 0 aliphatic rings. The van der Waals surface area contributed by atoms with Gasteiger partial charge in [0.05, 0.1) is 18.8 Å². The summed E-state index contributed by atoms with van der Waals surface area (Å²) in [6.45, 7) is 5.69. The topological polar surface area (TPSA) is 74.5 Å². The van der Waals surface area contributed by atoms with Crippen molar-refractivity contribution in [2.24, 2.45) is 0 Å². The van der Waals surface area contributed by atoms with Gasteiger partial charge in [0, 0.05) is 0 Å². The third-order valence-electron chi connectivity index (χ3n) is 3.88. The summed E-state index contributed by atoms with van der Waals surface area (Å²) < 4.78 is 5.18. The first kappa shape index (κ1) is 17.1. The molecule has 2 atom stereocenters. The Bertz CT molecular complexity index is 618. The van der Waals surface area contributed by atoms with Crippen molar-refractivity contribution < 1.29 is 14.3 Å². The molecule has 0 fully saturated rings. The van der Waals surface area contributed by atoms with Gasteiger partial charge >= 0.3 is 6.03 Å². The summed E-state index contributed by atoms with van der Waals surface area (Å²) in [5.74, 6) is 0.418. The van der Waals surface area contributed by atoms with E-state index in [1.165, 1.54) is 11.8 Å². The van der Waals surface area contributed by atoms with Crippen LogP contribution in [0.2, 0.25) is 0 Å². The fourth-order valence-corrected chi connectivity index (χ4v) is 2.30. The average Bonchev–Trinajstić information content (AvgIpc) is 3.08. The Morgan fingerprint density at radius 3 is 2.57 bits per heavy atom. The highest BCUT2D eigenvalue weighted by atomic mass is 16.4. The summed E-state index contributed by atoms with van der Waals surface area (Å²) in [6.07, 6.45) is 2.48. The fourth-order valence-electron chi connectivity index (χ4n) is 2.30. The van der Waals surface area contributed by atoms with Gasteiger partial charge in [0.15, 0.2) is 0 Å². The monoisotopic (exact) mass is 316 g/mol. The number of amides is 2. The molecule has 2 rings (SSSR count). The highest BCUT2D eigenvalue weighted by Gasteiger charge is 2.26. The van der Waals surface area contributed by atoms with Gasteiger partial charge in [0.2, 0.25) is 0 Å². The van der Waals surface area contributed by atoms with Crippen molar-refractivity contribution in [1.82, 2.24) is 10.6 Å². The quantitative estimate of drug-likeness (QED) is 0.766. The Hall–Kier alpha value is -2.27. The van der Waals surface area contributed by atoms with Crippen LogP contribution in [0.25, 0.3) is 0 Å². The Kier molecular flexibility index (Phi) is 5.45. The molecule has 0 bridgehead atoms. The predicted octanol–water partition coefficient (Wildman–Crippen LogP) is 3.11. The van der Waals surface area contributed by atoms with Crippen LogP contribution >= 0.6 is 0 Å². The van der Waals surface area contributed by atoms with Gasteiger partial charge in [-0.15, -0.1) is 0 Å². The van der Waals surface area contributed by atoms with Crippen molar-refractivity contribution in [2.45, 2.75) is 38.8 Å². The maximum Gasteiger partial charge on any atom is 0.315 e. The number of urea groups is 1. The minimum Gasteiger partial charge on any atom is -0.466 e. The van der Waals surface area contributed by atoms with Crippen molar-refractivity contribution in [2.75, 3.05) is 6.54 Å². The average molecular weight is 316 g/mol. The van der Waals surface area contributed by atoms with E-state index in [1.807, 2.05) is 19.1 Å². The predicted molar refractivity (Wildman–Crippen MR) is 89.0 cm³/mol. The van der Waals surface area contributed by atoms with Crippen LogP contribution in [0, 0.1) is 0 Å². The molecule has 0 saturated carbocycles. The number of aryl methyl sites for hydroxylation is 1. The zero-order chi connectivity index (χ0) is 16.9. The van der Waals surface area contributed by atoms with Gasteiger partial charge in [0.1, 0.15) is 11.4 Å². The molecule has 23 heavy (non-hydrogen) atoms. The lowest BCUT2D eigenvalue weighted by Gasteiger charge is -2.22. The van der Waals surface area contributed by atoms with Gasteiger partial charge in [0.25, 0.3) is 0 Å². The van der Waals surface area contributed by atoms with Crippen LogP contribution in [0.1, 0.15) is 43.7 Å². The zero-order valence-electron chi connectivity index (χ0n) is 13.8. The summed E-state index contributed by atoms with van der Waals surface area (Å²) in [5, 5.41) is 15.8. The van der Waals surface area contributed by atoms with E-state index in [2.05, 4.69) is 29.7 Å². The molecule has 0 spiro atoms. The van der Waals surface area contributed by atoms with Crippen LogP contribution in [0.15, 0.2) is 47.1 Å². The van der Waals surface area contributed by atoms with Crippen LogP contribution in [0.5, 0.6) is 0 Å². The van der Waals surface area contributed by atoms with E-state index in [0.29, 0.717) is 5.76 Å². The second-order valence-corrected chi connectivity index (χ2v) is 5.89. The maximum absolute atomic E-state index is 12.0. The molecular formula is C18H24N2O3. The number of carbonyl (C=O) groups excluding carboxylic acids is 1. The number of nitrogens with one attached hydrogen (secondary N) is 2. The van der Waals surface area contributed by atoms with Gasteiger partial charge in [-0.2, -0.15) is 0 Å². The standard InChI is InChI=1S/C18H24N2O3/c1-4-14-7-9-15(10-8-14)13(2)20-17(21)19-12-18(3,22)16-6-5-11-23-16/h5-11,13,22H,4,12H2,1-3H3,(H2,19,20,21). The van der Waals surface area contributed by atoms with E-state index in [1.54, 1.807) is 19.1 Å². The summed E-state index contributed by atoms with van der Waals surface area (Å²) in [4.78, 5) is 12.0. The van der Waals surface area contributed by atoms with Gasteiger partial charge < -0.3 is 20.2 Å². The third-order valence-corrected chi connectivity index (χ3v) is 3.88. The molecule has 1 aromatic heterocycles. The SMILES string of the molecule is CCc1ccc(C(C)NC(=O)NCC(C)(O)c2ccco2)cc1. The molecule has 1 aromatic carbocycles. The summed E-state index contributed by atoms with van der Waals surface area (Å²) in [6, 6.07) is 11.1. The minimum absolute atomic E-state index is 0.0633. The first-order chi connectivity index (χ1) is 10.9. The smallest absolute Gasteiger partial charge is 0.315 e. The molecule has 2 aromatic rings. The zero-order valence-corrected chi connectivity index (χ0v) is 13.8. The van der Waals surface area contributed by atoms with Crippen molar-refractivity contribution in [3.63, 3.8) is 0 Å². The molecule has 2 amide bonds. The first-order valence-electron chi connectivity index (χ1n) is 7.82. The van der Waals surface area contributed by atoms with Gasteiger partial charge in [-0.3, -0.25) is 0 Å². The molecule has 124 valence electrons. The van der Waals surface area contributed by atoms with Crippen molar-refractivity contribution in [1.29, 1.82) is 0 Å². The van der Waals surface area contributed by atoms with Crippen LogP contribution in [0.3, 0.4) is 0 Å². The molecule has 0 saturated heterocycles. The molecular weight excluding hydrogens is 292 g/mol. The molecule has 3 N–H and O–H groups in total. The number of carbonyl (C=O) groups is 1. The number of furan rings is 1. The van der Waals surface area contributed by atoms with Crippen LogP contribution in [-0.2, 0) is 12.0 Å². The molecule has 5 nitrogen and oxygen atoms in total. The van der Waals surface area contributed by atoms with Gasteiger partial charge in [-0.1, -0.05) is 31.2 Å². The van der Waals surface area contributed by atoms with E-state index in [0.717, 1.165) is 12.0 Å². The second kappa shape index (κ2) is 7.33. The number of hydrogen-bond donors (Lipinski definition) is 3. The van der Waals surface area contributed by atoms with Crippen molar-refractivity contribution in [3.8, 4) is 0 Å². The Morgan fingerprint density at radius 2 is 2.00 bits per heavy atom. The lowest BCUT2D eigenvalue weighted by molar-refractivity contribution is 0.0366. The summed E-state index contributed by atoms with van der Waals surface area (Å²) in [5.41, 5.74) is 1.06. The molecule has 0 aliphatic carbocycles. The maximum atomic E-state index is 12.0. The van der Waals surface area contributed by atoms with E-state index >= 15 is 0 Å². The molecule has 0 radical (unpaired) electrons.